The van der Waals surface area contributed by atoms with Gasteiger partial charge in [0, 0.05) is 41.2 Å². The molecule has 2 aromatic heterocycles. The van der Waals surface area contributed by atoms with Gasteiger partial charge in [-0.1, -0.05) is 0 Å². The molecule has 0 aliphatic heterocycles. The third-order valence-corrected chi connectivity index (χ3v) is 4.22. The van der Waals surface area contributed by atoms with Crippen LogP contribution in [-0.4, -0.2) is 35.2 Å². The summed E-state index contributed by atoms with van der Waals surface area (Å²) in [5.41, 5.74) is 8.93. The maximum atomic E-state index is 9.60. The molecule has 0 unspecified atom stereocenters. The number of anilines is 2. The van der Waals surface area contributed by atoms with Crippen LogP contribution >= 0.6 is 0 Å². The smallest absolute Gasteiger partial charge is 0.222 e. The van der Waals surface area contributed by atoms with Gasteiger partial charge in [0.25, 0.3) is 0 Å². The molecule has 0 spiro atoms. The van der Waals surface area contributed by atoms with Crippen LogP contribution < -0.4 is 20.5 Å². The van der Waals surface area contributed by atoms with E-state index in [-0.39, 0.29) is 17.4 Å². The first-order chi connectivity index (χ1) is 14.0. The van der Waals surface area contributed by atoms with Gasteiger partial charge in [-0.2, -0.15) is 5.26 Å². The van der Waals surface area contributed by atoms with Gasteiger partial charge in [0.1, 0.15) is 28.9 Å². The molecule has 0 saturated carbocycles. The number of methoxy groups -OCH3 is 2. The Hall–Kier alpha value is -3.86. The van der Waals surface area contributed by atoms with E-state index in [0.717, 1.165) is 5.56 Å². The van der Waals surface area contributed by atoms with Crippen LogP contribution in [0.25, 0.3) is 22.4 Å². The quantitative estimate of drug-likeness (QED) is 0.656. The van der Waals surface area contributed by atoms with E-state index in [4.69, 9.17) is 15.2 Å². The van der Waals surface area contributed by atoms with Gasteiger partial charge in [0.2, 0.25) is 5.95 Å². The Kier molecular flexibility index (Phi) is 5.79. The van der Waals surface area contributed by atoms with Crippen molar-refractivity contribution in [2.24, 2.45) is 0 Å². The van der Waals surface area contributed by atoms with Gasteiger partial charge in [-0.15, -0.1) is 0 Å². The SMILES string of the molecule is COc1ccc(-c2cc(-c3cnc(NC(C)C)nc3)c(C#N)c(N)n2)c(OC)c1. The van der Waals surface area contributed by atoms with Crippen LogP contribution in [0.3, 0.4) is 0 Å². The summed E-state index contributed by atoms with van der Waals surface area (Å²) in [4.78, 5) is 13.1. The van der Waals surface area contributed by atoms with E-state index in [2.05, 4.69) is 26.3 Å². The topological polar surface area (TPSA) is 119 Å². The van der Waals surface area contributed by atoms with Crippen molar-refractivity contribution in [2.45, 2.75) is 19.9 Å². The fraction of sp³-hybridized carbons (Fsp3) is 0.238. The average Bonchev–Trinajstić information content (AvgIpc) is 2.72. The maximum Gasteiger partial charge on any atom is 0.222 e. The van der Waals surface area contributed by atoms with Crippen LogP contribution in [0.4, 0.5) is 11.8 Å². The maximum absolute atomic E-state index is 9.60. The van der Waals surface area contributed by atoms with Gasteiger partial charge in [-0.3, -0.25) is 0 Å². The molecule has 0 aliphatic carbocycles. The molecule has 3 N–H and O–H groups in total. The summed E-state index contributed by atoms with van der Waals surface area (Å²) in [6.07, 6.45) is 3.31. The summed E-state index contributed by atoms with van der Waals surface area (Å²) in [6.45, 7) is 4.01. The van der Waals surface area contributed by atoms with E-state index < -0.39 is 0 Å². The molecule has 1 aromatic carbocycles. The number of pyridine rings is 1. The third-order valence-electron chi connectivity index (χ3n) is 4.22. The molecule has 0 radical (unpaired) electrons. The van der Waals surface area contributed by atoms with Gasteiger partial charge in [-0.05, 0) is 32.0 Å². The number of nitriles is 1. The number of benzene rings is 1. The summed E-state index contributed by atoms with van der Waals surface area (Å²) in [7, 11) is 3.16. The molecule has 0 saturated heterocycles. The van der Waals surface area contributed by atoms with Gasteiger partial charge in [0.15, 0.2) is 0 Å². The van der Waals surface area contributed by atoms with Gasteiger partial charge >= 0.3 is 0 Å². The minimum atomic E-state index is 0.127. The third kappa shape index (κ3) is 4.19. The molecule has 3 aromatic rings. The number of hydrogen-bond donors (Lipinski definition) is 2. The molecular weight excluding hydrogens is 368 g/mol. The first-order valence-corrected chi connectivity index (χ1v) is 8.98. The molecular formula is C21H22N6O2. The first kappa shape index (κ1) is 19.9. The van der Waals surface area contributed by atoms with Crippen molar-refractivity contribution in [3.8, 4) is 40.0 Å². The molecule has 0 atom stereocenters. The largest absolute Gasteiger partial charge is 0.497 e. The van der Waals surface area contributed by atoms with Crippen LogP contribution in [0.1, 0.15) is 19.4 Å². The van der Waals surface area contributed by atoms with Crippen LogP contribution in [0.15, 0.2) is 36.7 Å². The fourth-order valence-electron chi connectivity index (χ4n) is 2.86. The van der Waals surface area contributed by atoms with Crippen molar-refractivity contribution in [1.29, 1.82) is 5.26 Å². The first-order valence-electron chi connectivity index (χ1n) is 8.98. The van der Waals surface area contributed by atoms with Crippen molar-refractivity contribution in [3.05, 3.63) is 42.2 Å². The molecule has 3 rings (SSSR count). The van der Waals surface area contributed by atoms with E-state index in [9.17, 15) is 5.26 Å². The lowest BCUT2D eigenvalue weighted by molar-refractivity contribution is 0.395. The number of rotatable bonds is 6. The van der Waals surface area contributed by atoms with E-state index in [1.807, 2.05) is 26.0 Å². The second-order valence-electron chi connectivity index (χ2n) is 6.59. The molecule has 0 bridgehead atoms. The van der Waals surface area contributed by atoms with Crippen molar-refractivity contribution < 1.29 is 9.47 Å². The van der Waals surface area contributed by atoms with Crippen molar-refractivity contribution in [1.82, 2.24) is 15.0 Å². The molecule has 8 heteroatoms. The van der Waals surface area contributed by atoms with Crippen LogP contribution in [-0.2, 0) is 0 Å². The second-order valence-corrected chi connectivity index (χ2v) is 6.59. The zero-order valence-corrected chi connectivity index (χ0v) is 16.7. The lowest BCUT2D eigenvalue weighted by atomic mass is 10.00. The molecule has 0 fully saturated rings. The highest BCUT2D eigenvalue weighted by molar-refractivity contribution is 5.81. The number of nitrogen functional groups attached to an aromatic ring is 1. The van der Waals surface area contributed by atoms with E-state index in [1.54, 1.807) is 38.7 Å². The Labute approximate surface area is 169 Å². The second kappa shape index (κ2) is 8.44. The van der Waals surface area contributed by atoms with Crippen molar-refractivity contribution in [3.63, 3.8) is 0 Å². The molecule has 148 valence electrons. The predicted octanol–water partition coefficient (Wildman–Crippen LogP) is 3.50. The number of ether oxygens (including phenoxy) is 2. The summed E-state index contributed by atoms with van der Waals surface area (Å²) in [5.74, 6) is 1.89. The van der Waals surface area contributed by atoms with E-state index in [0.29, 0.717) is 34.3 Å². The standard InChI is InChI=1S/C21H22N6O2/c1-12(2)26-21-24-10-13(11-25-21)16-8-18(27-20(23)17(16)9-22)15-6-5-14(28-3)7-19(15)29-4/h5-8,10-12H,1-4H3,(H2,23,27)(H,24,25,26). The van der Waals surface area contributed by atoms with E-state index >= 15 is 0 Å². The van der Waals surface area contributed by atoms with Crippen LogP contribution in [0.2, 0.25) is 0 Å². The Morgan fingerprint density at radius 3 is 2.38 bits per heavy atom. The molecule has 2 heterocycles. The van der Waals surface area contributed by atoms with Gasteiger partial charge < -0.3 is 20.5 Å². The Bertz CT molecular complexity index is 1060. The Balaban J connectivity index is 2.12. The number of nitrogens with two attached hydrogens (primary N) is 1. The number of hydrogen-bond acceptors (Lipinski definition) is 8. The normalized spacial score (nSPS) is 10.5. The number of aromatic nitrogens is 3. The zero-order chi connectivity index (χ0) is 21.0. The summed E-state index contributed by atoms with van der Waals surface area (Å²) >= 11 is 0. The Morgan fingerprint density at radius 2 is 1.79 bits per heavy atom. The summed E-state index contributed by atoms with van der Waals surface area (Å²) in [6, 6.07) is 9.53. The zero-order valence-electron chi connectivity index (χ0n) is 16.7. The highest BCUT2D eigenvalue weighted by atomic mass is 16.5. The lowest BCUT2D eigenvalue weighted by Crippen LogP contribution is -2.12. The lowest BCUT2D eigenvalue weighted by Gasteiger charge is -2.13. The summed E-state index contributed by atoms with van der Waals surface area (Å²) in [5, 5.41) is 12.7. The molecule has 0 aliphatic rings. The minimum absolute atomic E-state index is 0.127. The predicted molar refractivity (Wildman–Crippen MR) is 112 cm³/mol. The van der Waals surface area contributed by atoms with Gasteiger partial charge in [-0.25, -0.2) is 15.0 Å². The van der Waals surface area contributed by atoms with Crippen LogP contribution in [0, 0.1) is 11.3 Å². The minimum Gasteiger partial charge on any atom is -0.497 e. The van der Waals surface area contributed by atoms with Crippen molar-refractivity contribution >= 4 is 11.8 Å². The number of nitrogens with one attached hydrogen (secondary N) is 1. The average molecular weight is 390 g/mol. The highest BCUT2D eigenvalue weighted by Gasteiger charge is 2.17. The molecule has 0 amide bonds. The number of nitrogens with zero attached hydrogens (tertiary/aromatic N) is 4. The molecule has 29 heavy (non-hydrogen) atoms. The summed E-state index contributed by atoms with van der Waals surface area (Å²) < 4.78 is 10.7. The molecule has 8 nitrogen and oxygen atoms in total. The van der Waals surface area contributed by atoms with Crippen LogP contribution in [0.5, 0.6) is 11.5 Å². The van der Waals surface area contributed by atoms with Crippen molar-refractivity contribution in [2.75, 3.05) is 25.3 Å². The Morgan fingerprint density at radius 1 is 1.07 bits per heavy atom. The van der Waals surface area contributed by atoms with E-state index in [1.165, 1.54) is 0 Å². The monoisotopic (exact) mass is 390 g/mol. The highest BCUT2D eigenvalue weighted by Crippen LogP contribution is 2.36. The fourth-order valence-corrected chi connectivity index (χ4v) is 2.86. The van der Waals surface area contributed by atoms with Gasteiger partial charge in [0.05, 0.1) is 19.9 Å².